The Bertz CT molecular complexity index is 1280. The van der Waals surface area contributed by atoms with Crippen LogP contribution in [0.3, 0.4) is 0 Å². The molecule has 0 unspecified atom stereocenters. The molecular formula is C28H26ClN3O2S. The number of piperazine rings is 1. The molecule has 5 rings (SSSR count). The van der Waals surface area contributed by atoms with Gasteiger partial charge in [-0.05, 0) is 73.5 Å². The summed E-state index contributed by atoms with van der Waals surface area (Å²) in [4.78, 5) is 34.6. The number of anilines is 2. The molecule has 5 nitrogen and oxygen atoms in total. The number of hydrogen-bond donors (Lipinski definition) is 0. The third kappa shape index (κ3) is 4.81. The summed E-state index contributed by atoms with van der Waals surface area (Å²) in [6.45, 7) is 6.82. The molecule has 2 aliphatic heterocycles. The molecule has 3 aromatic rings. The maximum Gasteiger partial charge on any atom is 0.283 e. The Labute approximate surface area is 215 Å². The lowest BCUT2D eigenvalue weighted by molar-refractivity contribution is -0.121. The van der Waals surface area contributed by atoms with Gasteiger partial charge in [0.15, 0.2) is 0 Å². The van der Waals surface area contributed by atoms with E-state index in [1.807, 2.05) is 62.4 Å². The number of rotatable bonds is 5. The first-order valence-electron chi connectivity index (χ1n) is 11.6. The van der Waals surface area contributed by atoms with E-state index in [1.165, 1.54) is 22.3 Å². The Morgan fingerprint density at radius 3 is 1.94 bits per heavy atom. The van der Waals surface area contributed by atoms with Crippen LogP contribution in [0.1, 0.15) is 11.1 Å². The highest BCUT2D eigenvalue weighted by molar-refractivity contribution is 8.04. The summed E-state index contributed by atoms with van der Waals surface area (Å²) in [5, 5.41) is 0.631. The number of hydrogen-bond acceptors (Lipinski definition) is 5. The van der Waals surface area contributed by atoms with Crippen LogP contribution >= 0.6 is 23.4 Å². The van der Waals surface area contributed by atoms with Gasteiger partial charge in [0.1, 0.15) is 10.6 Å². The SMILES string of the molecule is Cc1cc(C)cc(N2C(=O)C(Sc3ccc(Cl)cc3)=C(N3CCN(c4ccccc4)CC3)C2=O)c1. The number of imide groups is 1. The van der Waals surface area contributed by atoms with Crippen LogP contribution in [0.2, 0.25) is 5.02 Å². The molecule has 0 aliphatic carbocycles. The van der Waals surface area contributed by atoms with E-state index in [2.05, 4.69) is 21.9 Å². The van der Waals surface area contributed by atoms with E-state index in [1.54, 1.807) is 12.1 Å². The maximum atomic E-state index is 13.8. The molecule has 0 spiro atoms. The molecule has 2 aliphatic rings. The van der Waals surface area contributed by atoms with Gasteiger partial charge in [0.25, 0.3) is 11.8 Å². The molecule has 1 saturated heterocycles. The van der Waals surface area contributed by atoms with Gasteiger partial charge in [-0.2, -0.15) is 0 Å². The van der Waals surface area contributed by atoms with Gasteiger partial charge in [-0.1, -0.05) is 47.6 Å². The fourth-order valence-electron chi connectivity index (χ4n) is 4.63. The van der Waals surface area contributed by atoms with E-state index in [4.69, 9.17) is 11.6 Å². The predicted octanol–water partition coefficient (Wildman–Crippen LogP) is 5.66. The Balaban J connectivity index is 1.47. The maximum absolute atomic E-state index is 13.8. The van der Waals surface area contributed by atoms with Crippen LogP contribution in [0.15, 0.2) is 88.3 Å². The van der Waals surface area contributed by atoms with E-state index < -0.39 is 0 Å². The minimum Gasteiger partial charge on any atom is -0.368 e. The molecule has 0 aromatic heterocycles. The zero-order valence-electron chi connectivity index (χ0n) is 19.7. The molecule has 0 radical (unpaired) electrons. The van der Waals surface area contributed by atoms with Gasteiger partial charge in [0, 0.05) is 41.8 Å². The van der Waals surface area contributed by atoms with E-state index in [0.717, 1.165) is 29.1 Å². The number of carbonyl (C=O) groups is 2. The molecule has 35 heavy (non-hydrogen) atoms. The monoisotopic (exact) mass is 503 g/mol. The molecule has 0 bridgehead atoms. The summed E-state index contributed by atoms with van der Waals surface area (Å²) in [6, 6.07) is 23.4. The van der Waals surface area contributed by atoms with Gasteiger partial charge in [0.2, 0.25) is 0 Å². The number of aryl methyl sites for hydroxylation is 2. The topological polar surface area (TPSA) is 43.9 Å². The third-order valence-corrected chi connectivity index (χ3v) is 7.57. The van der Waals surface area contributed by atoms with Crippen LogP contribution in [0.4, 0.5) is 11.4 Å². The minimum absolute atomic E-state index is 0.260. The van der Waals surface area contributed by atoms with Gasteiger partial charge in [-0.15, -0.1) is 0 Å². The Kier molecular flexibility index (Phi) is 6.58. The summed E-state index contributed by atoms with van der Waals surface area (Å²) in [5.41, 5.74) is 4.30. The highest BCUT2D eigenvalue weighted by Gasteiger charge is 2.43. The Morgan fingerprint density at radius 2 is 1.31 bits per heavy atom. The van der Waals surface area contributed by atoms with E-state index in [0.29, 0.717) is 34.4 Å². The number of thioether (sulfide) groups is 1. The summed E-state index contributed by atoms with van der Waals surface area (Å²) >= 11 is 7.40. The second-order valence-corrected chi connectivity index (χ2v) is 10.4. The smallest absolute Gasteiger partial charge is 0.283 e. The zero-order valence-corrected chi connectivity index (χ0v) is 21.3. The molecule has 2 amide bonds. The standard InChI is InChI=1S/C28H26ClN3O2S/c1-19-16-20(2)18-23(17-19)32-27(33)25(26(28(32)34)35-24-10-8-21(29)9-11-24)31-14-12-30(13-15-31)22-6-4-3-5-7-22/h3-11,16-18H,12-15H2,1-2H3. The van der Waals surface area contributed by atoms with Gasteiger partial charge in [-0.3, -0.25) is 9.59 Å². The van der Waals surface area contributed by atoms with Crippen molar-refractivity contribution in [2.45, 2.75) is 18.7 Å². The van der Waals surface area contributed by atoms with Crippen molar-refractivity contribution in [3.05, 3.63) is 99.5 Å². The molecule has 2 heterocycles. The highest BCUT2D eigenvalue weighted by atomic mass is 35.5. The third-order valence-electron chi connectivity index (χ3n) is 6.23. The molecule has 3 aromatic carbocycles. The van der Waals surface area contributed by atoms with Gasteiger partial charge >= 0.3 is 0 Å². The number of halogens is 1. The van der Waals surface area contributed by atoms with Crippen LogP contribution in [0, 0.1) is 13.8 Å². The van der Waals surface area contributed by atoms with Gasteiger partial charge in [-0.25, -0.2) is 4.90 Å². The lowest BCUT2D eigenvalue weighted by Gasteiger charge is -2.37. The first-order valence-corrected chi connectivity index (χ1v) is 12.8. The molecule has 0 N–H and O–H groups in total. The summed E-state index contributed by atoms with van der Waals surface area (Å²) in [7, 11) is 0. The molecule has 178 valence electrons. The van der Waals surface area contributed by atoms with Gasteiger partial charge < -0.3 is 9.80 Å². The molecule has 0 saturated carbocycles. The van der Waals surface area contributed by atoms with Crippen molar-refractivity contribution in [2.75, 3.05) is 36.0 Å². The van der Waals surface area contributed by atoms with Gasteiger partial charge in [0.05, 0.1) is 5.69 Å². The molecule has 1 fully saturated rings. The zero-order chi connectivity index (χ0) is 24.5. The summed E-state index contributed by atoms with van der Waals surface area (Å²) in [5.74, 6) is -0.537. The van der Waals surface area contributed by atoms with Crippen molar-refractivity contribution in [2.24, 2.45) is 0 Å². The van der Waals surface area contributed by atoms with E-state index in [-0.39, 0.29) is 11.8 Å². The Hall–Kier alpha value is -3.22. The number of benzene rings is 3. The second kappa shape index (κ2) is 9.80. The predicted molar refractivity (Wildman–Crippen MR) is 143 cm³/mol. The first kappa shape index (κ1) is 23.5. The summed E-state index contributed by atoms with van der Waals surface area (Å²) < 4.78 is 0. The number of nitrogens with zero attached hydrogens (tertiary/aromatic N) is 3. The largest absolute Gasteiger partial charge is 0.368 e. The fourth-order valence-corrected chi connectivity index (χ4v) is 5.76. The molecule has 0 atom stereocenters. The van der Waals surface area contributed by atoms with Crippen LogP contribution in [0.25, 0.3) is 0 Å². The molecule has 7 heteroatoms. The van der Waals surface area contributed by atoms with E-state index >= 15 is 0 Å². The molecular weight excluding hydrogens is 478 g/mol. The number of carbonyl (C=O) groups excluding carboxylic acids is 2. The normalized spacial score (nSPS) is 16.5. The van der Waals surface area contributed by atoms with Crippen LogP contribution < -0.4 is 9.80 Å². The van der Waals surface area contributed by atoms with Crippen LogP contribution in [-0.2, 0) is 9.59 Å². The average molecular weight is 504 g/mol. The highest BCUT2D eigenvalue weighted by Crippen LogP contribution is 2.39. The van der Waals surface area contributed by atoms with Crippen molar-refractivity contribution in [1.29, 1.82) is 0 Å². The minimum atomic E-state index is -0.277. The number of para-hydroxylation sites is 1. The van der Waals surface area contributed by atoms with E-state index in [9.17, 15) is 9.59 Å². The van der Waals surface area contributed by atoms with Crippen LogP contribution in [-0.4, -0.2) is 42.9 Å². The average Bonchev–Trinajstić information content (AvgIpc) is 3.09. The van der Waals surface area contributed by atoms with Crippen molar-refractivity contribution >= 4 is 46.6 Å². The lowest BCUT2D eigenvalue weighted by atomic mass is 10.1. The lowest BCUT2D eigenvalue weighted by Crippen LogP contribution is -2.47. The van der Waals surface area contributed by atoms with Crippen molar-refractivity contribution in [1.82, 2.24) is 4.90 Å². The number of amides is 2. The second-order valence-electron chi connectivity index (χ2n) is 8.83. The van der Waals surface area contributed by atoms with Crippen molar-refractivity contribution in [3.63, 3.8) is 0 Å². The van der Waals surface area contributed by atoms with Crippen molar-refractivity contribution in [3.8, 4) is 0 Å². The fraction of sp³-hybridized carbons (Fsp3) is 0.214. The Morgan fingerprint density at radius 1 is 0.714 bits per heavy atom. The quantitative estimate of drug-likeness (QED) is 0.420. The van der Waals surface area contributed by atoms with Crippen LogP contribution in [0.5, 0.6) is 0 Å². The summed E-state index contributed by atoms with van der Waals surface area (Å²) in [6.07, 6.45) is 0. The first-order chi connectivity index (χ1) is 16.9. The van der Waals surface area contributed by atoms with Crippen molar-refractivity contribution < 1.29 is 9.59 Å².